The number of hydrogen-bond acceptors (Lipinski definition) is 13. The van der Waals surface area contributed by atoms with Gasteiger partial charge in [-0.15, -0.1) is 0 Å². The minimum absolute atomic E-state index is 0.259. The molecule has 14 heteroatoms. The minimum Gasteiger partial charge on any atom is -0.394 e. The Morgan fingerprint density at radius 3 is 1.41 bits per heavy atom. The van der Waals surface area contributed by atoms with Crippen molar-refractivity contribution in [2.45, 2.75) is 280 Å². The molecule has 0 saturated carbocycles. The second-order valence-electron chi connectivity index (χ2n) is 21.1. The number of amides is 1. The number of carbonyl (C=O) groups is 1. The summed E-state index contributed by atoms with van der Waals surface area (Å²) in [6.07, 6.45) is 50.2. The zero-order chi connectivity index (χ0) is 56.7. The van der Waals surface area contributed by atoms with Crippen molar-refractivity contribution in [1.82, 2.24) is 5.32 Å². The van der Waals surface area contributed by atoms with Crippen molar-refractivity contribution < 1.29 is 64.6 Å². The van der Waals surface area contributed by atoms with Crippen LogP contribution >= 0.6 is 0 Å². The van der Waals surface area contributed by atoms with Gasteiger partial charge in [0.2, 0.25) is 5.91 Å². The van der Waals surface area contributed by atoms with Crippen LogP contribution < -0.4 is 5.32 Å². The average Bonchev–Trinajstić information content (AvgIpc) is 3.47. The fourth-order valence-corrected chi connectivity index (χ4v) is 9.35. The van der Waals surface area contributed by atoms with E-state index in [0.29, 0.717) is 12.8 Å². The summed E-state index contributed by atoms with van der Waals surface area (Å²) >= 11 is 0. The van der Waals surface area contributed by atoms with Crippen LogP contribution in [0.5, 0.6) is 0 Å². The lowest BCUT2D eigenvalue weighted by atomic mass is 9.97. The van der Waals surface area contributed by atoms with Crippen molar-refractivity contribution in [2.24, 2.45) is 0 Å². The van der Waals surface area contributed by atoms with Gasteiger partial charge >= 0.3 is 0 Å². The first kappa shape index (κ1) is 71.0. The van der Waals surface area contributed by atoms with Crippen LogP contribution in [0, 0.1) is 0 Å². The topological polar surface area (TPSA) is 228 Å². The standard InChI is InChI=1S/C64H109NO13/c1-3-5-7-9-11-13-15-17-19-20-21-22-23-24-25-26-27-28-29-30-31-32-34-36-38-40-42-44-46-48-56(69)65-52(53(68)47-45-43-41-39-37-35-33-18-16-14-12-10-8-6-4-2)51-75-63-61(74)59(72)62(55(50-67)77-63)78-64-60(73)58(71)57(70)54(49-66)76-64/h5,7,11,13,16-19,21-22,24-25,37,39,45,47,52-55,57-64,66-68,70-74H,3-4,6,8-10,12,14-15,20,23,26-36,38,40-44,46,48-51H2,1-2H3,(H,65,69)/b7-5-,13-11-,18-16+,19-17-,22-21-,25-24-,39-37+,47-45+. The molecule has 2 aliphatic heterocycles. The van der Waals surface area contributed by atoms with E-state index in [9.17, 15) is 45.6 Å². The molecule has 0 spiro atoms. The van der Waals surface area contributed by atoms with E-state index >= 15 is 0 Å². The molecule has 1 amide bonds. The molecule has 0 bridgehead atoms. The van der Waals surface area contributed by atoms with E-state index in [2.05, 4.69) is 104 Å². The zero-order valence-corrected chi connectivity index (χ0v) is 48.1. The summed E-state index contributed by atoms with van der Waals surface area (Å²) in [5.74, 6) is -0.259. The molecule has 12 unspecified atom stereocenters. The van der Waals surface area contributed by atoms with Gasteiger partial charge in [-0.3, -0.25) is 4.79 Å². The van der Waals surface area contributed by atoms with E-state index in [-0.39, 0.29) is 18.9 Å². The third-order valence-electron chi connectivity index (χ3n) is 14.2. The maximum Gasteiger partial charge on any atom is 0.220 e. The molecule has 0 aromatic carbocycles. The van der Waals surface area contributed by atoms with Gasteiger partial charge in [-0.25, -0.2) is 0 Å². The summed E-state index contributed by atoms with van der Waals surface area (Å²) < 4.78 is 22.7. The Hall–Kier alpha value is -3.09. The molecule has 2 aliphatic rings. The fourth-order valence-electron chi connectivity index (χ4n) is 9.35. The molecule has 2 fully saturated rings. The smallest absolute Gasteiger partial charge is 0.220 e. The summed E-state index contributed by atoms with van der Waals surface area (Å²) in [5.41, 5.74) is 0. The largest absolute Gasteiger partial charge is 0.394 e. The molecule has 9 N–H and O–H groups in total. The van der Waals surface area contributed by atoms with Crippen LogP contribution in [0.3, 0.4) is 0 Å². The Morgan fingerprint density at radius 1 is 0.474 bits per heavy atom. The third-order valence-corrected chi connectivity index (χ3v) is 14.2. The first-order valence-electron chi connectivity index (χ1n) is 30.5. The Kier molecular flexibility index (Phi) is 44.3. The van der Waals surface area contributed by atoms with E-state index in [1.54, 1.807) is 6.08 Å². The molecule has 78 heavy (non-hydrogen) atoms. The fraction of sp³-hybridized carbons (Fsp3) is 0.734. The predicted octanol–water partition coefficient (Wildman–Crippen LogP) is 10.7. The van der Waals surface area contributed by atoms with Crippen LogP contribution in [0.25, 0.3) is 0 Å². The van der Waals surface area contributed by atoms with Crippen LogP contribution in [-0.2, 0) is 23.7 Å². The molecule has 0 aromatic heterocycles. The minimum atomic E-state index is -1.80. The number of ether oxygens (including phenoxy) is 4. The van der Waals surface area contributed by atoms with E-state index in [1.165, 1.54) is 89.9 Å². The van der Waals surface area contributed by atoms with Gasteiger partial charge < -0.3 is 65.1 Å². The van der Waals surface area contributed by atoms with Gasteiger partial charge in [0, 0.05) is 6.42 Å². The number of nitrogens with one attached hydrogen (secondary N) is 1. The first-order chi connectivity index (χ1) is 38.1. The Labute approximate surface area is 471 Å². The highest BCUT2D eigenvalue weighted by atomic mass is 16.7. The highest BCUT2D eigenvalue weighted by molar-refractivity contribution is 5.76. The monoisotopic (exact) mass is 1100 g/mol. The summed E-state index contributed by atoms with van der Waals surface area (Å²) in [6.45, 7) is 2.63. The number of unbranched alkanes of at least 4 members (excludes halogenated alkanes) is 20. The Morgan fingerprint density at radius 2 is 0.897 bits per heavy atom. The van der Waals surface area contributed by atoms with Crippen LogP contribution in [-0.4, -0.2) is 140 Å². The lowest BCUT2D eigenvalue weighted by Gasteiger charge is -2.46. The maximum absolute atomic E-state index is 13.3. The molecule has 0 radical (unpaired) electrons. The zero-order valence-electron chi connectivity index (χ0n) is 48.1. The van der Waals surface area contributed by atoms with Crippen molar-refractivity contribution in [3.05, 3.63) is 97.2 Å². The van der Waals surface area contributed by atoms with E-state index < -0.39 is 86.8 Å². The number of hydrogen-bond donors (Lipinski definition) is 9. The lowest BCUT2D eigenvalue weighted by Crippen LogP contribution is -2.65. The molecule has 12 atom stereocenters. The summed E-state index contributed by atoms with van der Waals surface area (Å²) in [6, 6.07) is -0.944. The molecular weight excluding hydrogens is 991 g/mol. The second-order valence-corrected chi connectivity index (χ2v) is 21.1. The second kappa shape index (κ2) is 48.6. The molecule has 2 heterocycles. The normalized spacial score (nSPS) is 25.3. The van der Waals surface area contributed by atoms with Gasteiger partial charge in [-0.2, -0.15) is 0 Å². The molecule has 0 aromatic rings. The van der Waals surface area contributed by atoms with Crippen molar-refractivity contribution >= 4 is 5.91 Å². The SMILES string of the molecule is CC/C=C\C/C=C\C/C=C\C/C=C\C/C=C\CCCCCCCCCCCCCCCC(=O)NC(COC1OC(CO)C(OC2OC(CO)C(O)C(O)C2O)C(O)C1O)C(O)/C=C/CC/C=C/CC/C=C/CCCCCCC. The summed E-state index contributed by atoms with van der Waals surface area (Å²) in [5, 5.41) is 87.0. The van der Waals surface area contributed by atoms with Crippen molar-refractivity contribution in [3.8, 4) is 0 Å². The van der Waals surface area contributed by atoms with Gasteiger partial charge in [-0.05, 0) is 89.9 Å². The highest BCUT2D eigenvalue weighted by Gasteiger charge is 2.51. The third kappa shape index (κ3) is 33.6. The van der Waals surface area contributed by atoms with E-state index in [1.807, 2.05) is 6.08 Å². The summed E-state index contributed by atoms with van der Waals surface area (Å²) in [7, 11) is 0. The van der Waals surface area contributed by atoms with Crippen LogP contribution in [0.1, 0.15) is 206 Å². The van der Waals surface area contributed by atoms with Crippen molar-refractivity contribution in [3.63, 3.8) is 0 Å². The average molecular weight is 1100 g/mol. The Bertz CT molecular complexity index is 1680. The van der Waals surface area contributed by atoms with E-state index in [0.717, 1.165) is 83.5 Å². The van der Waals surface area contributed by atoms with Gasteiger partial charge in [0.25, 0.3) is 0 Å². The molecule has 448 valence electrons. The van der Waals surface area contributed by atoms with Crippen molar-refractivity contribution in [2.75, 3.05) is 19.8 Å². The maximum atomic E-state index is 13.3. The molecule has 2 saturated heterocycles. The predicted molar refractivity (Wildman–Crippen MR) is 313 cm³/mol. The number of carbonyl (C=O) groups excluding carboxylic acids is 1. The van der Waals surface area contributed by atoms with Crippen LogP contribution in [0.4, 0.5) is 0 Å². The van der Waals surface area contributed by atoms with Gasteiger partial charge in [0.15, 0.2) is 12.6 Å². The molecule has 2 rings (SSSR count). The number of aliphatic hydroxyl groups excluding tert-OH is 8. The number of allylic oxidation sites excluding steroid dienone is 15. The molecular formula is C64H109NO13. The van der Waals surface area contributed by atoms with Gasteiger partial charge in [0.05, 0.1) is 32.0 Å². The van der Waals surface area contributed by atoms with Gasteiger partial charge in [-0.1, -0.05) is 207 Å². The molecule has 0 aliphatic carbocycles. The Balaban J connectivity index is 1.72. The first-order valence-corrected chi connectivity index (χ1v) is 30.5. The summed E-state index contributed by atoms with van der Waals surface area (Å²) in [4.78, 5) is 13.3. The van der Waals surface area contributed by atoms with Gasteiger partial charge in [0.1, 0.15) is 48.8 Å². The highest BCUT2D eigenvalue weighted by Crippen LogP contribution is 2.30. The number of aliphatic hydroxyl groups is 8. The molecule has 14 nitrogen and oxygen atoms in total. The van der Waals surface area contributed by atoms with E-state index in [4.69, 9.17) is 18.9 Å². The lowest BCUT2D eigenvalue weighted by molar-refractivity contribution is -0.359. The van der Waals surface area contributed by atoms with Crippen molar-refractivity contribution in [1.29, 1.82) is 0 Å². The number of rotatable bonds is 47. The quantitative estimate of drug-likeness (QED) is 0.0204. The van der Waals surface area contributed by atoms with Crippen LogP contribution in [0.15, 0.2) is 97.2 Å². The van der Waals surface area contributed by atoms with Crippen LogP contribution in [0.2, 0.25) is 0 Å².